The molecule has 0 spiro atoms. The molecule has 0 aliphatic heterocycles. The van der Waals surface area contributed by atoms with Crippen molar-refractivity contribution in [1.29, 1.82) is 0 Å². The smallest absolute Gasteiger partial charge is 0.319 e. The van der Waals surface area contributed by atoms with E-state index in [2.05, 4.69) is 0 Å². The number of phenols is 2. The molecule has 44 heavy (non-hydrogen) atoms. The molecule has 7 nitrogen and oxygen atoms in total. The Bertz CT molecular complexity index is 1200. The highest BCUT2D eigenvalue weighted by molar-refractivity contribution is 8.00. The zero-order chi connectivity index (χ0) is 33.8. The Kier molecular flexibility index (Phi) is 12.9. The highest BCUT2D eigenvalue weighted by atomic mass is 32.2. The highest BCUT2D eigenvalue weighted by Crippen LogP contribution is 2.43. The summed E-state index contributed by atoms with van der Waals surface area (Å²) in [4.78, 5) is 26.7. The fourth-order valence-electron chi connectivity index (χ4n) is 4.40. The molecule has 0 unspecified atom stereocenters. The summed E-state index contributed by atoms with van der Waals surface area (Å²) in [7, 11) is -3.03. The van der Waals surface area contributed by atoms with Crippen molar-refractivity contribution in [3.8, 4) is 11.5 Å². The summed E-state index contributed by atoms with van der Waals surface area (Å²) in [5.41, 5.74) is 2.12. The summed E-state index contributed by atoms with van der Waals surface area (Å²) in [6.07, 6.45) is 0. The molecular weight excluding hydrogens is 615 g/mol. The first-order valence-electron chi connectivity index (χ1n) is 14.8. The first kappa shape index (κ1) is 38.4. The van der Waals surface area contributed by atoms with Crippen LogP contribution in [0.25, 0.3) is 0 Å². The van der Waals surface area contributed by atoms with Gasteiger partial charge in [0.1, 0.15) is 24.7 Å². The van der Waals surface area contributed by atoms with Crippen LogP contribution in [0, 0.1) is 0 Å². The van der Waals surface area contributed by atoms with Gasteiger partial charge in [0.25, 0.3) is 0 Å². The average molecular weight is 667 g/mol. The molecule has 246 valence electrons. The Hall–Kier alpha value is -1.77. The van der Waals surface area contributed by atoms with Gasteiger partial charge in [-0.05, 0) is 45.9 Å². The molecule has 0 saturated carbocycles. The van der Waals surface area contributed by atoms with Gasteiger partial charge in [0.15, 0.2) is 11.6 Å². The number of aromatic hydroxyl groups is 2. The second-order valence-corrected chi connectivity index (χ2v) is 18.4. The fourth-order valence-corrected chi connectivity index (χ4v) is 6.67. The number of rotatable bonds is 12. The van der Waals surface area contributed by atoms with Crippen LogP contribution in [0.1, 0.15) is 105 Å². The molecule has 0 amide bonds. The predicted octanol–water partition coefficient (Wildman–Crippen LogP) is 8.73. The van der Waals surface area contributed by atoms with E-state index in [1.165, 1.54) is 23.5 Å². The van der Waals surface area contributed by atoms with Gasteiger partial charge in [0.2, 0.25) is 0 Å². The van der Waals surface area contributed by atoms with Crippen LogP contribution in [0.5, 0.6) is 11.5 Å². The maximum absolute atomic E-state index is 12.5. The van der Waals surface area contributed by atoms with E-state index < -0.39 is 8.25 Å². The van der Waals surface area contributed by atoms with Gasteiger partial charge < -0.3 is 19.3 Å². The first-order valence-corrected chi connectivity index (χ1v) is 18.0. The topological polar surface area (TPSA) is 110 Å². The standard InChI is InChI=1S/C34H51O7PS2/c1-31(2,3)25-13-23(14-26(29(25)37)32(4,5)6)43-19-21(35)17-40-42(39)41-18-22(36)20-44-24-15-27(33(7,8)9)30(38)28(16-24)34(10,11)12/h13-16,37-38,42H,17-20H2,1-12H3. The van der Waals surface area contributed by atoms with Crippen LogP contribution < -0.4 is 0 Å². The van der Waals surface area contributed by atoms with Gasteiger partial charge in [-0.25, -0.2) is 0 Å². The van der Waals surface area contributed by atoms with Crippen molar-refractivity contribution in [2.75, 3.05) is 24.7 Å². The van der Waals surface area contributed by atoms with Crippen molar-refractivity contribution in [2.24, 2.45) is 0 Å². The van der Waals surface area contributed by atoms with Gasteiger partial charge in [-0.1, -0.05) is 83.1 Å². The summed E-state index contributed by atoms with van der Waals surface area (Å²) in [6, 6.07) is 7.63. The third-order valence-electron chi connectivity index (χ3n) is 6.90. The highest BCUT2D eigenvalue weighted by Gasteiger charge is 2.28. The molecule has 2 aromatic rings. The number of benzene rings is 2. The third kappa shape index (κ3) is 11.2. The van der Waals surface area contributed by atoms with Crippen LogP contribution in [0.4, 0.5) is 0 Å². The first-order chi connectivity index (χ1) is 19.9. The average Bonchev–Trinajstić information content (AvgIpc) is 2.86. The maximum Gasteiger partial charge on any atom is 0.319 e. The second kappa shape index (κ2) is 14.8. The summed E-state index contributed by atoms with van der Waals surface area (Å²) < 4.78 is 22.5. The van der Waals surface area contributed by atoms with Gasteiger partial charge in [0.05, 0.1) is 11.5 Å². The zero-order valence-electron chi connectivity index (χ0n) is 28.4. The molecule has 0 bridgehead atoms. The molecule has 0 atom stereocenters. The van der Waals surface area contributed by atoms with E-state index in [0.29, 0.717) is 0 Å². The number of phenolic OH excluding ortho intramolecular Hbond substituents is 2. The molecule has 0 aliphatic carbocycles. The van der Waals surface area contributed by atoms with Gasteiger partial charge in [-0.3, -0.25) is 14.2 Å². The van der Waals surface area contributed by atoms with Crippen LogP contribution in [-0.2, 0) is 44.9 Å². The summed E-state index contributed by atoms with van der Waals surface area (Å²) >= 11 is 2.67. The number of Topliss-reactive ketones (excluding diaryl/α,β-unsaturated/α-hetero) is 2. The number of hydrogen-bond donors (Lipinski definition) is 2. The molecular formula is C34H51O7PS2. The van der Waals surface area contributed by atoms with Crippen molar-refractivity contribution in [2.45, 2.75) is 115 Å². The normalized spacial score (nSPS) is 13.0. The summed E-state index contributed by atoms with van der Waals surface area (Å²) in [6.45, 7) is 23.6. The Morgan fingerprint density at radius 3 is 1.07 bits per heavy atom. The van der Waals surface area contributed by atoms with Gasteiger partial charge in [0, 0.05) is 32.0 Å². The number of thioether (sulfide) groups is 2. The lowest BCUT2D eigenvalue weighted by atomic mass is 9.79. The van der Waals surface area contributed by atoms with Crippen molar-refractivity contribution < 1.29 is 33.4 Å². The predicted molar refractivity (Wildman–Crippen MR) is 183 cm³/mol. The lowest BCUT2D eigenvalue weighted by Gasteiger charge is -2.28. The molecule has 0 fully saturated rings. The second-order valence-electron chi connectivity index (χ2n) is 15.2. The molecule has 0 aliphatic rings. The van der Waals surface area contributed by atoms with E-state index in [1.54, 1.807) is 0 Å². The maximum atomic E-state index is 12.5. The van der Waals surface area contributed by atoms with Gasteiger partial charge >= 0.3 is 8.25 Å². The Morgan fingerprint density at radius 1 is 0.591 bits per heavy atom. The number of ketones is 2. The minimum absolute atomic E-state index is 0.0996. The molecule has 2 rings (SSSR count). The van der Waals surface area contributed by atoms with Crippen molar-refractivity contribution in [3.05, 3.63) is 46.5 Å². The van der Waals surface area contributed by atoms with Gasteiger partial charge in [-0.15, -0.1) is 23.5 Å². The van der Waals surface area contributed by atoms with E-state index in [9.17, 15) is 24.4 Å². The van der Waals surface area contributed by atoms with Crippen molar-refractivity contribution >= 4 is 43.3 Å². The Balaban J connectivity index is 1.91. The lowest BCUT2D eigenvalue weighted by molar-refractivity contribution is -0.118. The molecule has 2 aromatic carbocycles. The molecule has 2 N–H and O–H groups in total. The van der Waals surface area contributed by atoms with Crippen molar-refractivity contribution in [3.63, 3.8) is 0 Å². The van der Waals surface area contributed by atoms with E-state index in [4.69, 9.17) is 9.05 Å². The van der Waals surface area contributed by atoms with E-state index >= 15 is 0 Å². The summed E-state index contributed by atoms with van der Waals surface area (Å²) in [5.74, 6) is 0.224. The van der Waals surface area contributed by atoms with Crippen LogP contribution in [0.2, 0.25) is 0 Å². The van der Waals surface area contributed by atoms with E-state index in [0.717, 1.165) is 32.0 Å². The minimum atomic E-state index is -3.03. The lowest BCUT2D eigenvalue weighted by Crippen LogP contribution is -2.17. The molecule has 0 radical (unpaired) electrons. The number of hydrogen-bond acceptors (Lipinski definition) is 9. The zero-order valence-corrected chi connectivity index (χ0v) is 31.0. The largest absolute Gasteiger partial charge is 0.507 e. The van der Waals surface area contributed by atoms with Crippen LogP contribution in [-0.4, -0.2) is 46.5 Å². The molecule has 0 aromatic heterocycles. The van der Waals surface area contributed by atoms with Crippen LogP contribution in [0.15, 0.2) is 34.1 Å². The number of carbonyl (C=O) groups is 2. The van der Waals surface area contributed by atoms with Crippen LogP contribution in [0.3, 0.4) is 0 Å². The molecule has 0 saturated heterocycles. The fraction of sp³-hybridized carbons (Fsp3) is 0.588. The van der Waals surface area contributed by atoms with Gasteiger partial charge in [-0.2, -0.15) is 0 Å². The SMILES string of the molecule is CC(C)(C)c1cc(SCC(=O)CO[PH](=O)OCC(=O)CSc2cc(C(C)(C)C)c(O)c(C(C)(C)C)c2)cc(C(C)(C)C)c1O. The quantitative estimate of drug-likeness (QED) is 0.170. The monoisotopic (exact) mass is 666 g/mol. The third-order valence-corrected chi connectivity index (χ3v) is 9.73. The number of carbonyl (C=O) groups excluding carboxylic acids is 2. The van der Waals surface area contributed by atoms with Crippen molar-refractivity contribution in [1.82, 2.24) is 0 Å². The van der Waals surface area contributed by atoms with E-state index in [1.807, 2.05) is 107 Å². The molecule has 10 heteroatoms. The Morgan fingerprint density at radius 2 is 0.841 bits per heavy atom. The van der Waals surface area contributed by atoms with Crippen LogP contribution >= 0.6 is 31.8 Å². The Labute approximate surface area is 273 Å². The van der Waals surface area contributed by atoms with E-state index in [-0.39, 0.29) is 69.4 Å². The summed E-state index contributed by atoms with van der Waals surface area (Å²) in [5, 5.41) is 21.8. The molecule has 0 heterocycles. The minimum Gasteiger partial charge on any atom is -0.507 e.